The fraction of sp³-hybridized carbons (Fsp3) is 0.381. The number of nitrogens with zero attached hydrogens (tertiary/aromatic N) is 2. The van der Waals surface area contributed by atoms with E-state index in [1.807, 2.05) is 18.2 Å². The molecule has 1 heterocycles. The first-order valence-corrected chi connectivity index (χ1v) is 10.9. The molecule has 0 spiro atoms. The maximum atomic E-state index is 13.0. The zero-order valence-electron chi connectivity index (χ0n) is 16.2. The third-order valence-electron chi connectivity index (χ3n) is 4.63. The summed E-state index contributed by atoms with van der Waals surface area (Å²) in [5, 5.41) is 0. The van der Waals surface area contributed by atoms with Crippen LogP contribution in [0.1, 0.15) is 29.8 Å². The van der Waals surface area contributed by atoms with Gasteiger partial charge in [-0.1, -0.05) is 36.4 Å². The van der Waals surface area contributed by atoms with Crippen molar-refractivity contribution in [3.8, 4) is 0 Å². The van der Waals surface area contributed by atoms with Crippen LogP contribution in [0.4, 0.5) is 0 Å². The van der Waals surface area contributed by atoms with Gasteiger partial charge in [0, 0.05) is 32.7 Å². The Hall–Kier alpha value is -2.22. The molecule has 0 aromatic heterocycles. The van der Waals surface area contributed by atoms with Gasteiger partial charge in [-0.2, -0.15) is 4.31 Å². The van der Waals surface area contributed by atoms with Crippen LogP contribution in [0.15, 0.2) is 59.5 Å². The Morgan fingerprint density at radius 3 is 2.32 bits per heavy atom. The van der Waals surface area contributed by atoms with Crippen molar-refractivity contribution >= 4 is 16.0 Å². The number of ether oxygens (including phenoxy) is 1. The van der Waals surface area contributed by atoms with Gasteiger partial charge in [0.1, 0.15) is 0 Å². The van der Waals surface area contributed by atoms with Crippen molar-refractivity contribution in [1.29, 1.82) is 0 Å². The lowest BCUT2D eigenvalue weighted by Gasteiger charge is -2.34. The molecule has 2 aromatic carbocycles. The quantitative estimate of drug-likeness (QED) is 0.695. The van der Waals surface area contributed by atoms with Crippen LogP contribution in [0.25, 0.3) is 0 Å². The van der Waals surface area contributed by atoms with Gasteiger partial charge < -0.3 is 4.74 Å². The number of benzene rings is 2. The molecule has 0 amide bonds. The number of hydrogen-bond acceptors (Lipinski definition) is 5. The first-order chi connectivity index (χ1) is 13.4. The van der Waals surface area contributed by atoms with Crippen LogP contribution >= 0.6 is 0 Å². The predicted molar refractivity (Wildman–Crippen MR) is 107 cm³/mol. The number of carbonyl (C=O) groups excluding carboxylic acids is 1. The first-order valence-electron chi connectivity index (χ1n) is 9.44. The highest BCUT2D eigenvalue weighted by atomic mass is 32.2. The minimum atomic E-state index is -3.64. The van der Waals surface area contributed by atoms with Gasteiger partial charge in [0.25, 0.3) is 0 Å². The molecule has 6 nitrogen and oxygen atoms in total. The van der Waals surface area contributed by atoms with Crippen LogP contribution in [0.2, 0.25) is 0 Å². The van der Waals surface area contributed by atoms with Gasteiger partial charge in [-0.15, -0.1) is 0 Å². The molecule has 7 heteroatoms. The van der Waals surface area contributed by atoms with E-state index in [9.17, 15) is 13.2 Å². The molecule has 1 saturated heterocycles. The minimum Gasteiger partial charge on any atom is -0.459 e. The molecule has 150 valence electrons. The smallest absolute Gasteiger partial charge is 0.338 e. The van der Waals surface area contributed by atoms with E-state index >= 15 is 0 Å². The summed E-state index contributed by atoms with van der Waals surface area (Å²) in [5.74, 6) is -0.514. The highest BCUT2D eigenvalue weighted by Crippen LogP contribution is 2.20. The van der Waals surface area contributed by atoms with Gasteiger partial charge in [-0.05, 0) is 37.6 Å². The largest absolute Gasteiger partial charge is 0.459 e. The van der Waals surface area contributed by atoms with Crippen LogP contribution in [0, 0.1) is 0 Å². The number of sulfonamides is 1. The molecule has 0 atom stereocenters. The van der Waals surface area contributed by atoms with Gasteiger partial charge in [0.05, 0.1) is 16.6 Å². The summed E-state index contributed by atoms with van der Waals surface area (Å²) in [5.41, 5.74) is 1.47. The second-order valence-corrected chi connectivity index (χ2v) is 9.09. The Morgan fingerprint density at radius 1 is 1.00 bits per heavy atom. The summed E-state index contributed by atoms with van der Waals surface area (Å²) < 4.78 is 32.7. The van der Waals surface area contributed by atoms with E-state index in [1.165, 1.54) is 22.0 Å². The highest BCUT2D eigenvalue weighted by molar-refractivity contribution is 7.89. The highest BCUT2D eigenvalue weighted by Gasteiger charge is 2.29. The number of hydrogen-bond donors (Lipinski definition) is 0. The van der Waals surface area contributed by atoms with Gasteiger partial charge >= 0.3 is 5.97 Å². The van der Waals surface area contributed by atoms with Crippen molar-refractivity contribution < 1.29 is 17.9 Å². The molecule has 0 aliphatic carbocycles. The maximum Gasteiger partial charge on any atom is 0.338 e. The fourth-order valence-corrected chi connectivity index (χ4v) is 4.65. The summed E-state index contributed by atoms with van der Waals surface area (Å²) in [7, 11) is -3.64. The Morgan fingerprint density at radius 2 is 1.68 bits per heavy atom. The number of rotatable bonds is 6. The van der Waals surface area contributed by atoms with Gasteiger partial charge in [0.15, 0.2) is 0 Å². The molecule has 3 rings (SSSR count). The van der Waals surface area contributed by atoms with Gasteiger partial charge in [0.2, 0.25) is 10.0 Å². The van der Waals surface area contributed by atoms with E-state index in [2.05, 4.69) is 17.0 Å². The van der Waals surface area contributed by atoms with Crippen LogP contribution in [-0.2, 0) is 21.3 Å². The van der Waals surface area contributed by atoms with Crippen molar-refractivity contribution in [2.45, 2.75) is 31.4 Å². The Balaban J connectivity index is 1.66. The number of carbonyl (C=O) groups is 1. The predicted octanol–water partition coefficient (Wildman–Crippen LogP) is 2.76. The standard InChI is InChI=1S/C21H26N2O4S/c1-17(2)27-21(24)19-9-6-10-20(15-19)28(25,26)23-13-11-22(12-14-23)16-18-7-4-3-5-8-18/h3-10,15,17H,11-14,16H2,1-2H3. The van der Waals surface area contributed by atoms with E-state index in [0.29, 0.717) is 26.2 Å². The molecule has 1 aliphatic rings. The average molecular weight is 403 g/mol. The van der Waals surface area contributed by atoms with Crippen LogP contribution < -0.4 is 0 Å². The molecule has 1 aliphatic heterocycles. The molecule has 28 heavy (non-hydrogen) atoms. The minimum absolute atomic E-state index is 0.127. The average Bonchev–Trinajstić information content (AvgIpc) is 2.69. The lowest BCUT2D eigenvalue weighted by molar-refractivity contribution is 0.0377. The zero-order valence-corrected chi connectivity index (χ0v) is 17.1. The normalized spacial score (nSPS) is 16.2. The number of piperazine rings is 1. The molecule has 1 fully saturated rings. The van der Waals surface area contributed by atoms with Crippen molar-refractivity contribution in [2.75, 3.05) is 26.2 Å². The van der Waals surface area contributed by atoms with Crippen molar-refractivity contribution in [3.63, 3.8) is 0 Å². The van der Waals surface area contributed by atoms with Gasteiger partial charge in [-0.25, -0.2) is 13.2 Å². The van der Waals surface area contributed by atoms with E-state index < -0.39 is 16.0 Å². The summed E-state index contributed by atoms with van der Waals surface area (Å²) in [6.45, 7) is 6.52. The third kappa shape index (κ3) is 4.98. The molecular formula is C21H26N2O4S. The van der Waals surface area contributed by atoms with E-state index in [0.717, 1.165) is 6.54 Å². The monoisotopic (exact) mass is 402 g/mol. The molecular weight excluding hydrogens is 376 g/mol. The Bertz CT molecular complexity index is 905. The van der Waals surface area contributed by atoms with E-state index in [1.54, 1.807) is 26.0 Å². The Labute approximate surface area is 166 Å². The molecule has 0 N–H and O–H groups in total. The van der Waals surface area contributed by atoms with E-state index in [4.69, 9.17) is 4.74 Å². The number of esters is 1. The lowest BCUT2D eigenvalue weighted by atomic mass is 10.2. The fourth-order valence-electron chi connectivity index (χ4n) is 3.18. The van der Waals surface area contributed by atoms with Crippen molar-refractivity contribution in [2.24, 2.45) is 0 Å². The van der Waals surface area contributed by atoms with E-state index in [-0.39, 0.29) is 16.6 Å². The van der Waals surface area contributed by atoms with Crippen LogP contribution in [-0.4, -0.2) is 55.9 Å². The van der Waals surface area contributed by atoms with Crippen LogP contribution in [0.3, 0.4) is 0 Å². The van der Waals surface area contributed by atoms with Crippen molar-refractivity contribution in [1.82, 2.24) is 9.21 Å². The summed E-state index contributed by atoms with van der Waals surface area (Å²) >= 11 is 0. The molecule has 0 unspecified atom stereocenters. The topological polar surface area (TPSA) is 66.9 Å². The first kappa shape index (κ1) is 20.5. The summed E-state index contributed by atoms with van der Waals surface area (Å²) in [6.07, 6.45) is -0.259. The molecule has 0 radical (unpaired) electrons. The summed E-state index contributed by atoms with van der Waals surface area (Å²) in [6, 6.07) is 16.2. The van der Waals surface area contributed by atoms with Gasteiger partial charge in [-0.3, -0.25) is 4.90 Å². The SMILES string of the molecule is CC(C)OC(=O)c1cccc(S(=O)(=O)N2CCN(Cc3ccccc3)CC2)c1. The van der Waals surface area contributed by atoms with Crippen LogP contribution in [0.5, 0.6) is 0 Å². The summed E-state index contributed by atoms with van der Waals surface area (Å²) in [4.78, 5) is 14.5. The molecule has 0 saturated carbocycles. The second kappa shape index (κ2) is 8.86. The molecule has 0 bridgehead atoms. The Kier molecular flexibility index (Phi) is 6.49. The maximum absolute atomic E-state index is 13.0. The van der Waals surface area contributed by atoms with Crippen molar-refractivity contribution in [3.05, 3.63) is 65.7 Å². The molecule has 2 aromatic rings. The third-order valence-corrected chi connectivity index (χ3v) is 6.53. The zero-order chi connectivity index (χ0) is 20.1. The lowest BCUT2D eigenvalue weighted by Crippen LogP contribution is -2.48. The second-order valence-electron chi connectivity index (χ2n) is 7.15.